The largest absolute Gasteiger partial charge is 0.449 e. The summed E-state index contributed by atoms with van der Waals surface area (Å²) in [4.78, 5) is 12.2. The third-order valence-electron chi connectivity index (χ3n) is 5.23. The smallest absolute Gasteiger partial charge is 0.407 e. The van der Waals surface area contributed by atoms with Gasteiger partial charge in [-0.15, -0.1) is 11.6 Å². The molecule has 0 saturated carbocycles. The van der Waals surface area contributed by atoms with E-state index in [2.05, 4.69) is 29.6 Å². The van der Waals surface area contributed by atoms with Crippen molar-refractivity contribution < 1.29 is 9.53 Å². The highest BCUT2D eigenvalue weighted by atomic mass is 35.5. The average Bonchev–Trinajstić information content (AvgIpc) is 3.10. The maximum atomic E-state index is 12.2. The van der Waals surface area contributed by atoms with Crippen molar-refractivity contribution in [2.24, 2.45) is 0 Å². The van der Waals surface area contributed by atoms with Crippen LogP contribution in [-0.4, -0.2) is 19.2 Å². The molecule has 0 radical (unpaired) electrons. The quantitative estimate of drug-likeness (QED) is 0.439. The van der Waals surface area contributed by atoms with Crippen molar-refractivity contribution in [3.63, 3.8) is 0 Å². The molecule has 3 aromatic carbocycles. The molecule has 0 saturated heterocycles. The second kappa shape index (κ2) is 9.38. The van der Waals surface area contributed by atoms with Crippen LogP contribution in [0, 0.1) is 0 Å². The highest BCUT2D eigenvalue weighted by Crippen LogP contribution is 2.44. The minimum Gasteiger partial charge on any atom is -0.449 e. The van der Waals surface area contributed by atoms with Gasteiger partial charge in [0.2, 0.25) is 0 Å². The molecular weight excluding hydrogens is 417 g/mol. The number of alkyl halides is 1. The van der Waals surface area contributed by atoms with Crippen molar-refractivity contribution in [2.45, 2.75) is 11.8 Å². The molecule has 0 bridgehead atoms. The third kappa shape index (κ3) is 4.38. The lowest BCUT2D eigenvalue weighted by Crippen LogP contribution is -2.26. The summed E-state index contributed by atoms with van der Waals surface area (Å²) in [6.07, 6.45) is 3.35. The number of halogens is 2. The van der Waals surface area contributed by atoms with E-state index in [4.69, 9.17) is 27.9 Å². The molecule has 0 fully saturated rings. The molecule has 1 aliphatic rings. The highest BCUT2D eigenvalue weighted by molar-refractivity contribution is 6.32. The maximum absolute atomic E-state index is 12.2. The summed E-state index contributed by atoms with van der Waals surface area (Å²) in [5.41, 5.74) is 6.68. The molecule has 4 rings (SSSR count). The third-order valence-corrected chi connectivity index (χ3v) is 5.89. The Balaban J connectivity index is 1.32. The zero-order valence-electron chi connectivity index (χ0n) is 16.3. The minimum atomic E-state index is -0.431. The summed E-state index contributed by atoms with van der Waals surface area (Å²) in [5, 5.41) is 3.42. The average molecular weight is 438 g/mol. The van der Waals surface area contributed by atoms with Gasteiger partial charge in [-0.05, 0) is 45.5 Å². The molecule has 1 amide bonds. The Morgan fingerprint density at radius 2 is 1.67 bits per heavy atom. The first-order valence-electron chi connectivity index (χ1n) is 9.77. The second-order valence-electron chi connectivity index (χ2n) is 7.09. The standard InChI is InChI=1S/C25H21Cl2NO2/c26-15-18-14-17(11-12-24(18)27)6-5-13-28-25(29)30-16-23-21-9-3-1-7-19(21)20-8-2-4-10-22(20)23/h1-12,14,23H,13,15-16H2,(H,28,29). The number of nitrogens with one attached hydrogen (secondary N) is 1. The van der Waals surface area contributed by atoms with Crippen LogP contribution in [0.1, 0.15) is 28.2 Å². The van der Waals surface area contributed by atoms with Gasteiger partial charge in [0.1, 0.15) is 6.61 Å². The number of alkyl carbamates (subject to hydrolysis) is 1. The monoisotopic (exact) mass is 437 g/mol. The van der Waals surface area contributed by atoms with E-state index in [0.717, 1.165) is 11.1 Å². The van der Waals surface area contributed by atoms with Crippen LogP contribution >= 0.6 is 23.2 Å². The molecule has 0 unspecified atom stereocenters. The second-order valence-corrected chi connectivity index (χ2v) is 7.77. The van der Waals surface area contributed by atoms with Gasteiger partial charge >= 0.3 is 6.09 Å². The van der Waals surface area contributed by atoms with Gasteiger partial charge in [-0.1, -0.05) is 78.4 Å². The molecule has 0 atom stereocenters. The van der Waals surface area contributed by atoms with E-state index in [1.165, 1.54) is 22.3 Å². The minimum absolute atomic E-state index is 0.0572. The zero-order valence-corrected chi connectivity index (χ0v) is 17.8. The fourth-order valence-corrected chi connectivity index (χ4v) is 4.26. The molecule has 0 aromatic heterocycles. The van der Waals surface area contributed by atoms with Gasteiger partial charge in [0.25, 0.3) is 0 Å². The Bertz CT molecular complexity index is 1050. The van der Waals surface area contributed by atoms with Crippen LogP contribution in [-0.2, 0) is 10.6 Å². The number of carbonyl (C=O) groups excluding carboxylic acids is 1. The lowest BCUT2D eigenvalue weighted by Gasteiger charge is -2.14. The molecule has 5 heteroatoms. The van der Waals surface area contributed by atoms with Crippen LogP contribution in [0.4, 0.5) is 4.79 Å². The topological polar surface area (TPSA) is 38.3 Å². The predicted molar refractivity (Wildman–Crippen MR) is 123 cm³/mol. The molecular formula is C25H21Cl2NO2. The van der Waals surface area contributed by atoms with Crippen LogP contribution in [0.2, 0.25) is 5.02 Å². The van der Waals surface area contributed by atoms with Gasteiger partial charge in [-0.25, -0.2) is 4.79 Å². The molecule has 30 heavy (non-hydrogen) atoms. The summed E-state index contributed by atoms with van der Waals surface area (Å²) < 4.78 is 5.53. The summed E-state index contributed by atoms with van der Waals surface area (Å²) in [7, 11) is 0. The first-order chi connectivity index (χ1) is 14.7. The normalized spacial score (nSPS) is 12.6. The summed E-state index contributed by atoms with van der Waals surface area (Å²) in [6, 6.07) is 22.2. The van der Waals surface area contributed by atoms with Crippen molar-refractivity contribution in [2.75, 3.05) is 13.2 Å². The highest BCUT2D eigenvalue weighted by Gasteiger charge is 2.28. The number of rotatable bonds is 6. The first kappa shape index (κ1) is 20.5. The first-order valence-corrected chi connectivity index (χ1v) is 10.7. The van der Waals surface area contributed by atoms with Crippen LogP contribution in [0.5, 0.6) is 0 Å². The summed E-state index contributed by atoms with van der Waals surface area (Å²) in [5.74, 6) is 0.417. The van der Waals surface area contributed by atoms with Gasteiger partial charge in [-0.3, -0.25) is 0 Å². The number of fused-ring (bicyclic) bond motifs is 3. The molecule has 1 N–H and O–H groups in total. The lowest BCUT2D eigenvalue weighted by atomic mass is 9.98. The lowest BCUT2D eigenvalue weighted by molar-refractivity contribution is 0.144. The van der Waals surface area contributed by atoms with Crippen LogP contribution in [0.25, 0.3) is 17.2 Å². The van der Waals surface area contributed by atoms with Crippen LogP contribution < -0.4 is 5.32 Å². The number of carbonyl (C=O) groups is 1. The van der Waals surface area contributed by atoms with Gasteiger partial charge in [-0.2, -0.15) is 0 Å². The van der Waals surface area contributed by atoms with E-state index >= 15 is 0 Å². The van der Waals surface area contributed by atoms with Crippen molar-refractivity contribution in [3.8, 4) is 11.1 Å². The van der Waals surface area contributed by atoms with Crippen molar-refractivity contribution >= 4 is 35.4 Å². The molecule has 0 spiro atoms. The fraction of sp³-hybridized carbons (Fsp3) is 0.160. The molecule has 0 heterocycles. The Labute approximate surface area is 186 Å². The molecule has 152 valence electrons. The molecule has 0 aliphatic heterocycles. The summed E-state index contributed by atoms with van der Waals surface area (Å²) in [6.45, 7) is 0.676. The Morgan fingerprint density at radius 1 is 1.00 bits per heavy atom. The zero-order chi connectivity index (χ0) is 20.9. The van der Waals surface area contributed by atoms with Crippen LogP contribution in [0.15, 0.2) is 72.8 Å². The summed E-state index contributed by atoms with van der Waals surface area (Å²) >= 11 is 11.9. The molecule has 3 aromatic rings. The van der Waals surface area contributed by atoms with E-state index in [9.17, 15) is 4.79 Å². The van der Waals surface area contributed by atoms with Gasteiger partial charge in [0.05, 0.1) is 0 Å². The van der Waals surface area contributed by atoms with E-state index in [0.29, 0.717) is 24.1 Å². The van der Waals surface area contributed by atoms with E-state index in [1.54, 1.807) is 0 Å². The van der Waals surface area contributed by atoms with E-state index in [-0.39, 0.29) is 5.92 Å². The van der Waals surface area contributed by atoms with Crippen molar-refractivity contribution in [3.05, 3.63) is 100 Å². The van der Waals surface area contributed by atoms with Gasteiger partial charge in [0, 0.05) is 23.4 Å². The molecule has 3 nitrogen and oxygen atoms in total. The van der Waals surface area contributed by atoms with Gasteiger partial charge in [0.15, 0.2) is 0 Å². The Morgan fingerprint density at radius 3 is 2.33 bits per heavy atom. The maximum Gasteiger partial charge on any atom is 0.407 e. The molecule has 1 aliphatic carbocycles. The van der Waals surface area contributed by atoms with E-state index in [1.807, 2.05) is 54.6 Å². The van der Waals surface area contributed by atoms with E-state index < -0.39 is 6.09 Å². The SMILES string of the molecule is O=C(NCC=Cc1ccc(Cl)c(CCl)c1)OCC1c2ccccc2-c2ccccc21. The van der Waals surface area contributed by atoms with Crippen molar-refractivity contribution in [1.29, 1.82) is 0 Å². The number of hydrogen-bond acceptors (Lipinski definition) is 2. The number of amides is 1. The van der Waals surface area contributed by atoms with Crippen molar-refractivity contribution in [1.82, 2.24) is 5.32 Å². The number of benzene rings is 3. The van der Waals surface area contributed by atoms with Gasteiger partial charge < -0.3 is 10.1 Å². The number of hydrogen-bond donors (Lipinski definition) is 1. The van der Waals surface area contributed by atoms with Crippen LogP contribution in [0.3, 0.4) is 0 Å². The predicted octanol–water partition coefficient (Wildman–Crippen LogP) is 6.63. The fourth-order valence-electron chi connectivity index (χ4n) is 3.79. The Hall–Kier alpha value is -2.75. The number of ether oxygens (including phenoxy) is 1. The Kier molecular flexibility index (Phi) is 6.41.